The Morgan fingerprint density at radius 3 is 3.00 bits per heavy atom. The van der Waals surface area contributed by atoms with Gasteiger partial charge in [-0.25, -0.2) is 0 Å². The number of nitrogens with zero attached hydrogens (tertiary/aromatic N) is 1. The van der Waals surface area contributed by atoms with E-state index in [-0.39, 0.29) is 0 Å². The first kappa shape index (κ1) is 9.97. The highest BCUT2D eigenvalue weighted by molar-refractivity contribution is 5.78. The van der Waals surface area contributed by atoms with Crippen LogP contribution in [0.25, 0.3) is 0 Å². The van der Waals surface area contributed by atoms with E-state index in [1.165, 1.54) is 12.8 Å². The molecule has 0 spiro atoms. The molecule has 14 heavy (non-hydrogen) atoms. The maximum atomic E-state index is 5.79. The molecule has 3 heteroatoms. The smallest absolute Gasteiger partial charge is 0.185 e. The molecule has 3 nitrogen and oxygen atoms in total. The van der Waals surface area contributed by atoms with E-state index in [1.807, 2.05) is 0 Å². The maximum absolute atomic E-state index is 5.79. The number of hydrogen-bond acceptors (Lipinski definition) is 3. The van der Waals surface area contributed by atoms with Crippen molar-refractivity contribution >= 4 is 5.90 Å². The van der Waals surface area contributed by atoms with Crippen LogP contribution < -0.4 is 5.32 Å². The van der Waals surface area contributed by atoms with Crippen LogP contribution in [0.4, 0.5) is 0 Å². The lowest BCUT2D eigenvalue weighted by Gasteiger charge is -2.16. The quantitative estimate of drug-likeness (QED) is 0.743. The maximum Gasteiger partial charge on any atom is 0.185 e. The zero-order valence-electron chi connectivity index (χ0n) is 9.12. The lowest BCUT2D eigenvalue weighted by Crippen LogP contribution is -2.26. The first-order chi connectivity index (χ1) is 6.75. The molecule has 2 aliphatic heterocycles. The Balaban J connectivity index is 1.77. The average Bonchev–Trinajstić information content (AvgIpc) is 2.75. The Bertz CT molecular complexity index is 219. The second-order valence-electron chi connectivity index (χ2n) is 4.63. The lowest BCUT2D eigenvalue weighted by molar-refractivity contribution is 0.165. The zero-order chi connectivity index (χ0) is 9.97. The number of hydrogen-bond donors (Lipinski definition) is 1. The third-order valence-corrected chi connectivity index (χ3v) is 3.06. The molecule has 0 bridgehead atoms. The van der Waals surface area contributed by atoms with Crippen molar-refractivity contribution in [3.8, 4) is 0 Å². The molecule has 80 valence electrons. The normalized spacial score (nSPS) is 32.1. The van der Waals surface area contributed by atoms with Crippen molar-refractivity contribution in [2.45, 2.75) is 45.3 Å². The number of nitrogens with one attached hydrogen (secondary N) is 1. The molecular formula is C11H20N2O. The topological polar surface area (TPSA) is 33.6 Å². The molecule has 0 amide bonds. The van der Waals surface area contributed by atoms with Crippen LogP contribution in [0.3, 0.4) is 0 Å². The number of rotatable bonds is 3. The summed E-state index contributed by atoms with van der Waals surface area (Å²) in [5.41, 5.74) is 0. The molecule has 2 rings (SSSR count). The summed E-state index contributed by atoms with van der Waals surface area (Å²) in [5, 5.41) is 3.47. The van der Waals surface area contributed by atoms with Gasteiger partial charge in [-0.15, -0.1) is 0 Å². The van der Waals surface area contributed by atoms with Crippen LogP contribution in [-0.4, -0.2) is 31.1 Å². The van der Waals surface area contributed by atoms with Crippen LogP contribution in [0, 0.1) is 5.92 Å². The average molecular weight is 196 g/mol. The summed E-state index contributed by atoms with van der Waals surface area (Å²) < 4.78 is 5.79. The van der Waals surface area contributed by atoms with Gasteiger partial charge in [-0.05, 0) is 25.3 Å². The van der Waals surface area contributed by atoms with Crippen LogP contribution in [-0.2, 0) is 4.74 Å². The van der Waals surface area contributed by atoms with Crippen molar-refractivity contribution < 1.29 is 4.74 Å². The summed E-state index contributed by atoms with van der Waals surface area (Å²) in [5.74, 6) is 1.55. The molecule has 2 unspecified atom stereocenters. The van der Waals surface area contributed by atoms with Crippen molar-refractivity contribution in [1.29, 1.82) is 0 Å². The molecule has 0 aromatic heterocycles. The summed E-state index contributed by atoms with van der Waals surface area (Å²) in [6, 6.07) is 0.611. The molecule has 1 saturated heterocycles. The van der Waals surface area contributed by atoms with Gasteiger partial charge < -0.3 is 10.1 Å². The minimum absolute atomic E-state index is 0.325. The Hall–Kier alpha value is -0.570. The van der Waals surface area contributed by atoms with E-state index >= 15 is 0 Å². The third-order valence-electron chi connectivity index (χ3n) is 3.06. The van der Waals surface area contributed by atoms with E-state index in [0.29, 0.717) is 18.1 Å². The molecule has 2 heterocycles. The second-order valence-corrected chi connectivity index (χ2v) is 4.63. The molecule has 0 radical (unpaired) electrons. The van der Waals surface area contributed by atoms with E-state index < -0.39 is 0 Å². The fraction of sp³-hybridized carbons (Fsp3) is 0.909. The molecule has 1 fully saturated rings. The van der Waals surface area contributed by atoms with Gasteiger partial charge in [0.15, 0.2) is 5.90 Å². The Morgan fingerprint density at radius 1 is 1.57 bits per heavy atom. The lowest BCUT2D eigenvalue weighted by atomic mass is 10.1. The van der Waals surface area contributed by atoms with Crippen LogP contribution in [0.5, 0.6) is 0 Å². The van der Waals surface area contributed by atoms with E-state index in [0.717, 1.165) is 25.4 Å². The van der Waals surface area contributed by atoms with Crippen LogP contribution >= 0.6 is 0 Å². The van der Waals surface area contributed by atoms with Crippen LogP contribution in [0.1, 0.15) is 33.1 Å². The molecule has 0 aromatic rings. The molecule has 0 aromatic carbocycles. The van der Waals surface area contributed by atoms with Crippen molar-refractivity contribution in [2.24, 2.45) is 10.9 Å². The van der Waals surface area contributed by atoms with Crippen molar-refractivity contribution in [3.05, 3.63) is 0 Å². The fourth-order valence-corrected chi connectivity index (χ4v) is 2.04. The molecule has 0 saturated carbocycles. The van der Waals surface area contributed by atoms with Crippen LogP contribution in [0.2, 0.25) is 0 Å². The van der Waals surface area contributed by atoms with E-state index in [2.05, 4.69) is 24.2 Å². The number of aliphatic imine (C=N–C) groups is 1. The van der Waals surface area contributed by atoms with Gasteiger partial charge in [0.25, 0.3) is 0 Å². The van der Waals surface area contributed by atoms with Crippen molar-refractivity contribution in [1.82, 2.24) is 5.32 Å². The molecular weight excluding hydrogens is 176 g/mol. The largest absolute Gasteiger partial charge is 0.475 e. The molecule has 2 atom stereocenters. The van der Waals surface area contributed by atoms with Gasteiger partial charge in [0.1, 0.15) is 6.10 Å². The SMILES string of the molecule is CC(C)C1CN=C(CC2CCCN2)O1. The molecule has 1 N–H and O–H groups in total. The highest BCUT2D eigenvalue weighted by atomic mass is 16.5. The fourth-order valence-electron chi connectivity index (χ4n) is 2.04. The van der Waals surface area contributed by atoms with Crippen LogP contribution in [0.15, 0.2) is 4.99 Å². The van der Waals surface area contributed by atoms with E-state index in [1.54, 1.807) is 0 Å². The number of ether oxygens (including phenoxy) is 1. The molecule has 2 aliphatic rings. The minimum Gasteiger partial charge on any atom is -0.475 e. The summed E-state index contributed by atoms with van der Waals surface area (Å²) in [7, 11) is 0. The van der Waals surface area contributed by atoms with Gasteiger partial charge in [0.05, 0.1) is 6.54 Å². The van der Waals surface area contributed by atoms with Gasteiger partial charge in [-0.1, -0.05) is 13.8 Å². The predicted octanol–water partition coefficient (Wildman–Crippen LogP) is 1.58. The van der Waals surface area contributed by atoms with Gasteiger partial charge in [0, 0.05) is 12.5 Å². The monoisotopic (exact) mass is 196 g/mol. The van der Waals surface area contributed by atoms with E-state index in [4.69, 9.17) is 4.74 Å². The summed E-state index contributed by atoms with van der Waals surface area (Å²) in [6.07, 6.45) is 3.88. The van der Waals surface area contributed by atoms with E-state index in [9.17, 15) is 0 Å². The first-order valence-electron chi connectivity index (χ1n) is 5.69. The summed E-state index contributed by atoms with van der Waals surface area (Å²) >= 11 is 0. The Morgan fingerprint density at radius 2 is 2.43 bits per heavy atom. The van der Waals surface area contributed by atoms with Crippen molar-refractivity contribution in [3.63, 3.8) is 0 Å². The first-order valence-corrected chi connectivity index (χ1v) is 5.69. The predicted molar refractivity (Wildman–Crippen MR) is 57.7 cm³/mol. The highest BCUT2D eigenvalue weighted by Crippen LogP contribution is 2.18. The van der Waals surface area contributed by atoms with Gasteiger partial charge in [0.2, 0.25) is 0 Å². The van der Waals surface area contributed by atoms with Crippen molar-refractivity contribution in [2.75, 3.05) is 13.1 Å². The Labute approximate surface area is 85.9 Å². The summed E-state index contributed by atoms with van der Waals surface area (Å²) in [4.78, 5) is 4.46. The van der Waals surface area contributed by atoms with Gasteiger partial charge >= 0.3 is 0 Å². The summed E-state index contributed by atoms with van der Waals surface area (Å²) in [6.45, 7) is 6.40. The van der Waals surface area contributed by atoms with Gasteiger partial charge in [-0.2, -0.15) is 0 Å². The second kappa shape index (κ2) is 4.30. The molecule has 0 aliphatic carbocycles. The third kappa shape index (κ3) is 2.27. The highest BCUT2D eigenvalue weighted by Gasteiger charge is 2.25. The minimum atomic E-state index is 0.325. The standard InChI is InChI=1S/C11H20N2O/c1-8(2)10-7-13-11(14-10)6-9-4-3-5-12-9/h8-10,12H,3-7H2,1-2H3. The van der Waals surface area contributed by atoms with Gasteiger partial charge in [-0.3, -0.25) is 4.99 Å². The zero-order valence-corrected chi connectivity index (χ0v) is 9.12. The Kier molecular flexibility index (Phi) is 3.06.